The molecule has 3 heterocycles. The van der Waals surface area contributed by atoms with Gasteiger partial charge < -0.3 is 43.0 Å². The van der Waals surface area contributed by atoms with Gasteiger partial charge in [0, 0.05) is 45.6 Å². The van der Waals surface area contributed by atoms with Crippen LogP contribution in [0.3, 0.4) is 0 Å². The average Bonchev–Trinajstić information content (AvgIpc) is 3.50. The van der Waals surface area contributed by atoms with E-state index in [-0.39, 0.29) is 44.4 Å². The predicted molar refractivity (Wildman–Crippen MR) is 153 cm³/mol. The fraction of sp³-hybridized carbons (Fsp3) is 0.812. The van der Waals surface area contributed by atoms with Crippen molar-refractivity contribution in [3.05, 3.63) is 11.6 Å². The fourth-order valence-electron chi connectivity index (χ4n) is 8.37. The number of rotatable bonds is 9. The summed E-state index contributed by atoms with van der Waals surface area (Å²) < 4.78 is 47.2. The summed E-state index contributed by atoms with van der Waals surface area (Å²) in [6.07, 6.45) is -1.34. The van der Waals surface area contributed by atoms with Gasteiger partial charge in [-0.3, -0.25) is 14.4 Å². The van der Waals surface area contributed by atoms with Crippen LogP contribution in [0.5, 0.6) is 0 Å². The number of hydrogen-bond donors (Lipinski definition) is 1. The largest absolute Gasteiger partial charge is 0.465 e. The normalized spacial score (nSPS) is 42.9. The highest BCUT2D eigenvalue weighted by Crippen LogP contribution is 2.69. The van der Waals surface area contributed by atoms with Crippen molar-refractivity contribution in [1.82, 2.24) is 0 Å². The highest BCUT2D eigenvalue weighted by molar-refractivity contribution is 5.82. The van der Waals surface area contributed by atoms with Crippen LogP contribution in [0.25, 0.3) is 0 Å². The Morgan fingerprint density at radius 2 is 1.73 bits per heavy atom. The first-order valence-corrected chi connectivity index (χ1v) is 15.6. The third kappa shape index (κ3) is 5.38. The summed E-state index contributed by atoms with van der Waals surface area (Å²) in [5.74, 6) is -3.11. The third-order valence-electron chi connectivity index (χ3n) is 11.1. The molecule has 2 aliphatic carbocycles. The second kappa shape index (κ2) is 11.9. The number of fused-ring (bicyclic) bond motifs is 3. The highest BCUT2D eigenvalue weighted by atomic mass is 16.8. The number of aliphatic hydroxyl groups excluding tert-OH is 1. The van der Waals surface area contributed by atoms with Gasteiger partial charge in [0.25, 0.3) is 0 Å². The Balaban J connectivity index is 1.60. The molecule has 0 bridgehead atoms. The second-order valence-corrected chi connectivity index (χ2v) is 13.5. The summed E-state index contributed by atoms with van der Waals surface area (Å²) >= 11 is 0. The van der Waals surface area contributed by atoms with Crippen molar-refractivity contribution in [2.45, 2.75) is 122 Å². The van der Waals surface area contributed by atoms with E-state index in [1.165, 1.54) is 27.7 Å². The molecule has 13 nitrogen and oxygen atoms in total. The van der Waals surface area contributed by atoms with Crippen LogP contribution in [0.1, 0.15) is 74.1 Å². The van der Waals surface area contributed by atoms with Crippen LogP contribution in [0.15, 0.2) is 11.6 Å². The molecule has 0 aromatic rings. The average molecular weight is 639 g/mol. The zero-order valence-electron chi connectivity index (χ0n) is 27.3. The number of carbonyl (C=O) groups is 4. The molecule has 0 amide bonds. The Bertz CT molecular complexity index is 1230. The van der Waals surface area contributed by atoms with Crippen LogP contribution in [0.2, 0.25) is 0 Å². The lowest BCUT2D eigenvalue weighted by molar-refractivity contribution is -0.258. The number of methoxy groups -OCH3 is 1. The molecule has 0 aromatic carbocycles. The van der Waals surface area contributed by atoms with Gasteiger partial charge in [0.15, 0.2) is 18.7 Å². The summed E-state index contributed by atoms with van der Waals surface area (Å²) in [4.78, 5) is 50.4. The van der Waals surface area contributed by atoms with Gasteiger partial charge in [0.1, 0.15) is 18.3 Å². The summed E-state index contributed by atoms with van der Waals surface area (Å²) in [6.45, 7) is 10.6. The van der Waals surface area contributed by atoms with Gasteiger partial charge in [0.2, 0.25) is 5.60 Å². The zero-order chi connectivity index (χ0) is 33.1. The Hall–Kier alpha value is -2.58. The maximum absolute atomic E-state index is 13.6. The van der Waals surface area contributed by atoms with Gasteiger partial charge in [-0.2, -0.15) is 0 Å². The van der Waals surface area contributed by atoms with Crippen LogP contribution in [-0.2, 0) is 57.1 Å². The van der Waals surface area contributed by atoms with Gasteiger partial charge in [-0.15, -0.1) is 0 Å². The minimum absolute atomic E-state index is 0.0202. The number of ether oxygens (including phenoxy) is 8. The molecule has 0 aromatic heterocycles. The third-order valence-corrected chi connectivity index (χ3v) is 11.1. The standard InChI is InChI=1S/C32H46O13/c1-9-29(6,45-19(5)35)28(37)44-26-21(36)13-22-30(7,23-11-20-12-25(38-8)43-27(20)42-23)16(2)10-24(41-18(4)34)31(22,14-39-17(3)33)32(26)15-40-32/h10,20-27,36H,9,11-15H2,1-8H3/t20-,21+,22+,23-,24-,25+,26-,27+,29+,30-,31-,32+/m0/s1. The van der Waals surface area contributed by atoms with Gasteiger partial charge in [-0.1, -0.05) is 19.4 Å². The van der Waals surface area contributed by atoms with E-state index in [0.29, 0.717) is 12.8 Å². The van der Waals surface area contributed by atoms with Crippen LogP contribution >= 0.6 is 0 Å². The van der Waals surface area contributed by atoms with Crippen molar-refractivity contribution in [2.24, 2.45) is 22.7 Å². The number of aliphatic hydroxyl groups is 1. The van der Waals surface area contributed by atoms with Crippen molar-refractivity contribution < 1.29 is 62.2 Å². The molecule has 3 aliphatic heterocycles. The Labute approximate surface area is 263 Å². The Kier molecular flexibility index (Phi) is 8.93. The fourth-order valence-corrected chi connectivity index (χ4v) is 8.37. The number of esters is 4. The summed E-state index contributed by atoms with van der Waals surface area (Å²) in [5, 5.41) is 11.8. The molecule has 252 valence electrons. The molecule has 0 radical (unpaired) electrons. The molecule has 13 heteroatoms. The maximum atomic E-state index is 13.6. The molecule has 4 fully saturated rings. The first kappa shape index (κ1) is 33.8. The SMILES string of the molecule is CC[C@@](C)(OC(C)=O)C(=O)O[C@H]1[C@H](O)C[C@@H]2[C@@](C)([C@@H]3C[C@H]4C[C@H](OC)O[C@H]4O3)C(C)=C[C@H](OC(C)=O)[C@@]2(COC(C)=O)[C@@]12CO2. The minimum atomic E-state index is -1.62. The lowest BCUT2D eigenvalue weighted by Gasteiger charge is -2.62. The molecule has 1 spiro atoms. The molecular weight excluding hydrogens is 592 g/mol. The van der Waals surface area contributed by atoms with Crippen molar-refractivity contribution in [3.63, 3.8) is 0 Å². The summed E-state index contributed by atoms with van der Waals surface area (Å²) in [6, 6.07) is 0. The molecule has 1 N–H and O–H groups in total. The van der Waals surface area contributed by atoms with E-state index in [9.17, 15) is 24.3 Å². The smallest absolute Gasteiger partial charge is 0.350 e. The monoisotopic (exact) mass is 638 g/mol. The Morgan fingerprint density at radius 1 is 1.04 bits per heavy atom. The van der Waals surface area contributed by atoms with Crippen LogP contribution in [0, 0.1) is 22.7 Å². The van der Waals surface area contributed by atoms with E-state index in [4.69, 9.17) is 37.9 Å². The molecule has 12 atom stereocenters. The van der Waals surface area contributed by atoms with E-state index < -0.39 is 76.4 Å². The number of hydrogen-bond acceptors (Lipinski definition) is 13. The summed E-state index contributed by atoms with van der Waals surface area (Å²) in [7, 11) is 1.59. The number of epoxide rings is 1. The van der Waals surface area contributed by atoms with Gasteiger partial charge in [-0.25, -0.2) is 4.79 Å². The topological polar surface area (TPSA) is 166 Å². The molecule has 5 aliphatic rings. The predicted octanol–water partition coefficient (Wildman–Crippen LogP) is 2.35. The first-order chi connectivity index (χ1) is 21.1. The van der Waals surface area contributed by atoms with E-state index in [1.807, 2.05) is 19.9 Å². The lowest BCUT2D eigenvalue weighted by Crippen LogP contribution is -2.73. The van der Waals surface area contributed by atoms with E-state index in [0.717, 1.165) is 5.57 Å². The molecule has 5 rings (SSSR count). The van der Waals surface area contributed by atoms with Crippen molar-refractivity contribution in [3.8, 4) is 0 Å². The quantitative estimate of drug-likeness (QED) is 0.169. The first-order valence-electron chi connectivity index (χ1n) is 15.6. The highest BCUT2D eigenvalue weighted by Gasteiger charge is 2.81. The Morgan fingerprint density at radius 3 is 2.27 bits per heavy atom. The van der Waals surface area contributed by atoms with E-state index in [2.05, 4.69) is 0 Å². The van der Waals surface area contributed by atoms with Gasteiger partial charge in [-0.05, 0) is 45.1 Å². The molecular formula is C32H46O13. The second-order valence-electron chi connectivity index (χ2n) is 13.5. The molecule has 3 saturated heterocycles. The lowest BCUT2D eigenvalue weighted by atomic mass is 9.44. The molecule has 45 heavy (non-hydrogen) atoms. The summed E-state index contributed by atoms with van der Waals surface area (Å²) in [5.41, 5.74) is -4.25. The van der Waals surface area contributed by atoms with Crippen LogP contribution in [-0.4, -0.2) is 97.5 Å². The van der Waals surface area contributed by atoms with Crippen molar-refractivity contribution in [2.75, 3.05) is 20.3 Å². The van der Waals surface area contributed by atoms with E-state index >= 15 is 0 Å². The molecule has 1 saturated carbocycles. The van der Waals surface area contributed by atoms with Crippen LogP contribution in [0.4, 0.5) is 0 Å². The van der Waals surface area contributed by atoms with Gasteiger partial charge in [0.05, 0.1) is 24.2 Å². The zero-order valence-corrected chi connectivity index (χ0v) is 27.3. The van der Waals surface area contributed by atoms with E-state index in [1.54, 1.807) is 14.0 Å². The number of carbonyl (C=O) groups excluding carboxylic acids is 4. The van der Waals surface area contributed by atoms with Crippen molar-refractivity contribution >= 4 is 23.9 Å². The maximum Gasteiger partial charge on any atom is 0.350 e. The molecule has 0 unspecified atom stereocenters. The van der Waals surface area contributed by atoms with Crippen LogP contribution < -0.4 is 0 Å². The van der Waals surface area contributed by atoms with Crippen molar-refractivity contribution in [1.29, 1.82) is 0 Å². The van der Waals surface area contributed by atoms with Gasteiger partial charge >= 0.3 is 23.9 Å². The minimum Gasteiger partial charge on any atom is -0.465 e.